The van der Waals surface area contributed by atoms with Crippen LogP contribution < -0.4 is 4.90 Å². The number of pyridine rings is 1. The minimum absolute atomic E-state index is 0.0586. The third-order valence-electron chi connectivity index (χ3n) is 11.2. The summed E-state index contributed by atoms with van der Waals surface area (Å²) >= 11 is 0. The fourth-order valence-corrected chi connectivity index (χ4v) is 9.41. The van der Waals surface area contributed by atoms with Gasteiger partial charge in [-0.1, -0.05) is 0 Å². The number of aromatic nitrogens is 5. The molecule has 2 amide bonds. The number of halogens is 3. The first-order valence-electron chi connectivity index (χ1n) is 17.5. The minimum atomic E-state index is -4.69. The summed E-state index contributed by atoms with van der Waals surface area (Å²) in [6.45, 7) is 2.06. The Morgan fingerprint density at radius 1 is 0.902 bits per heavy atom. The Labute approximate surface area is 293 Å². The number of carbonyl (C=O) groups is 2. The van der Waals surface area contributed by atoms with Gasteiger partial charge in [-0.25, -0.2) is 4.68 Å². The Morgan fingerprint density at radius 2 is 1.61 bits per heavy atom. The largest absolute Gasteiger partial charge is 0.506 e. The number of hydrogen-bond donors (Lipinski definition) is 1. The molecule has 266 valence electrons. The Kier molecular flexibility index (Phi) is 8.22. The lowest BCUT2D eigenvalue weighted by Crippen LogP contribution is -2.51. The van der Waals surface area contributed by atoms with Crippen LogP contribution in [0.2, 0.25) is 0 Å². The summed E-state index contributed by atoms with van der Waals surface area (Å²) in [6.07, 6.45) is 8.76. The molecule has 1 aliphatic heterocycles. The maximum absolute atomic E-state index is 14.0. The molecule has 3 aromatic heterocycles. The van der Waals surface area contributed by atoms with Crippen molar-refractivity contribution in [3.63, 3.8) is 0 Å². The topological polar surface area (TPSA) is 121 Å². The molecule has 0 atom stereocenters. The summed E-state index contributed by atoms with van der Waals surface area (Å²) in [5.74, 6) is 2.27. The summed E-state index contributed by atoms with van der Waals surface area (Å²) in [5, 5.41) is 22.6. The zero-order valence-corrected chi connectivity index (χ0v) is 28.3. The van der Waals surface area contributed by atoms with Crippen LogP contribution >= 0.6 is 0 Å². The van der Waals surface area contributed by atoms with Gasteiger partial charge in [0.05, 0.1) is 23.6 Å². The molecule has 1 N–H and O–H groups in total. The van der Waals surface area contributed by atoms with Crippen LogP contribution in [-0.4, -0.2) is 91.5 Å². The molecule has 5 aliphatic rings. The molecule has 4 heterocycles. The molecule has 4 bridgehead atoms. The normalized spacial score (nSPS) is 24.2. The molecule has 0 unspecified atom stereocenters. The second-order valence-electron chi connectivity index (χ2n) is 15.0. The van der Waals surface area contributed by atoms with Crippen molar-refractivity contribution >= 4 is 17.6 Å². The zero-order valence-electron chi connectivity index (χ0n) is 28.3. The highest BCUT2D eigenvalue weighted by molar-refractivity contribution is 5.95. The molecule has 51 heavy (non-hydrogen) atoms. The SMILES string of the molecule is CN(CC12CC3CC(CC(C3)C1)C2)C(=O)c1ccc(N2CCN(C(=O)c3cc(-n4cc(-c5cncc(O)c5)cn4)cc(C(F)(F)F)c3)CC2)nn1. The number of hydrogen-bond acceptors (Lipinski definition) is 8. The molecule has 1 saturated heterocycles. The van der Waals surface area contributed by atoms with Gasteiger partial charge in [-0.3, -0.25) is 14.6 Å². The van der Waals surface area contributed by atoms with Crippen LogP contribution in [-0.2, 0) is 6.18 Å². The molecule has 5 fully saturated rings. The second-order valence-corrected chi connectivity index (χ2v) is 15.0. The van der Waals surface area contributed by atoms with Crippen molar-refractivity contribution in [2.24, 2.45) is 23.2 Å². The smallest absolute Gasteiger partial charge is 0.416 e. The molecule has 9 rings (SSSR count). The van der Waals surface area contributed by atoms with Gasteiger partial charge in [-0.2, -0.15) is 18.3 Å². The predicted molar refractivity (Wildman–Crippen MR) is 181 cm³/mol. The number of benzene rings is 1. The summed E-state index contributed by atoms with van der Waals surface area (Å²) in [5.41, 5.74) is 0.588. The van der Waals surface area contributed by atoms with Gasteiger partial charge in [0.1, 0.15) is 5.75 Å². The number of carbonyl (C=O) groups excluding carboxylic acids is 2. The van der Waals surface area contributed by atoms with E-state index in [0.29, 0.717) is 35.7 Å². The average Bonchev–Trinajstić information content (AvgIpc) is 3.61. The van der Waals surface area contributed by atoms with Crippen LogP contribution in [0.3, 0.4) is 0 Å². The number of rotatable bonds is 7. The summed E-state index contributed by atoms with van der Waals surface area (Å²) in [7, 11) is 1.86. The van der Waals surface area contributed by atoms with Crippen LogP contribution in [0.15, 0.2) is 61.2 Å². The second kappa shape index (κ2) is 12.6. The van der Waals surface area contributed by atoms with Gasteiger partial charge in [-0.05, 0) is 98.1 Å². The predicted octanol–water partition coefficient (Wildman–Crippen LogP) is 5.70. The van der Waals surface area contributed by atoms with Gasteiger partial charge >= 0.3 is 6.18 Å². The molecular weight excluding hydrogens is 661 g/mol. The van der Waals surface area contributed by atoms with Crippen molar-refractivity contribution in [2.45, 2.75) is 44.7 Å². The van der Waals surface area contributed by atoms with Crippen LogP contribution in [0.4, 0.5) is 19.0 Å². The van der Waals surface area contributed by atoms with Crippen molar-refractivity contribution in [2.75, 3.05) is 44.7 Å². The highest BCUT2D eigenvalue weighted by Crippen LogP contribution is 2.60. The van der Waals surface area contributed by atoms with Gasteiger partial charge < -0.3 is 19.8 Å². The van der Waals surface area contributed by atoms with E-state index in [0.717, 1.165) is 36.4 Å². The van der Waals surface area contributed by atoms with E-state index in [9.17, 15) is 27.9 Å². The van der Waals surface area contributed by atoms with E-state index in [1.807, 2.05) is 16.8 Å². The number of alkyl halides is 3. The first-order chi connectivity index (χ1) is 24.4. The highest BCUT2D eigenvalue weighted by atomic mass is 19.4. The Hall–Kier alpha value is -5.01. The average molecular weight is 701 g/mol. The molecule has 4 aliphatic carbocycles. The van der Waals surface area contributed by atoms with Crippen molar-refractivity contribution in [3.8, 4) is 22.6 Å². The van der Waals surface area contributed by atoms with E-state index in [-0.39, 0.29) is 41.4 Å². The van der Waals surface area contributed by atoms with E-state index in [1.165, 1.54) is 85.0 Å². The van der Waals surface area contributed by atoms with E-state index < -0.39 is 17.6 Å². The zero-order chi connectivity index (χ0) is 35.5. The fourth-order valence-electron chi connectivity index (χ4n) is 9.41. The molecule has 0 radical (unpaired) electrons. The molecule has 0 spiro atoms. The summed E-state index contributed by atoms with van der Waals surface area (Å²) in [4.78, 5) is 36.2. The monoisotopic (exact) mass is 700 g/mol. The maximum atomic E-state index is 14.0. The first-order valence-corrected chi connectivity index (χ1v) is 17.5. The van der Waals surface area contributed by atoms with E-state index >= 15 is 0 Å². The molecule has 4 aromatic rings. The van der Waals surface area contributed by atoms with E-state index in [1.54, 1.807) is 12.1 Å². The van der Waals surface area contributed by atoms with Crippen molar-refractivity contribution in [1.82, 2.24) is 34.8 Å². The maximum Gasteiger partial charge on any atom is 0.416 e. The lowest BCUT2D eigenvalue weighted by Gasteiger charge is -2.57. The first kappa shape index (κ1) is 33.2. The Balaban J connectivity index is 0.916. The third-order valence-corrected chi connectivity index (χ3v) is 11.2. The molecule has 4 saturated carbocycles. The number of nitrogens with zero attached hydrogens (tertiary/aromatic N) is 8. The lowest BCUT2D eigenvalue weighted by molar-refractivity contribution is -0.137. The molecule has 1 aromatic carbocycles. The van der Waals surface area contributed by atoms with Gasteiger partial charge in [0.2, 0.25) is 0 Å². The van der Waals surface area contributed by atoms with Crippen LogP contribution in [0, 0.1) is 23.2 Å². The van der Waals surface area contributed by atoms with Gasteiger partial charge in [0, 0.05) is 68.9 Å². The van der Waals surface area contributed by atoms with E-state index in [2.05, 4.69) is 20.3 Å². The quantitative estimate of drug-likeness (QED) is 0.261. The van der Waals surface area contributed by atoms with Gasteiger partial charge in [0.25, 0.3) is 11.8 Å². The Bertz CT molecular complexity index is 1920. The summed E-state index contributed by atoms with van der Waals surface area (Å²) in [6, 6.07) is 8.13. The highest BCUT2D eigenvalue weighted by Gasteiger charge is 2.51. The van der Waals surface area contributed by atoms with Crippen LogP contribution in [0.25, 0.3) is 16.8 Å². The van der Waals surface area contributed by atoms with Crippen LogP contribution in [0.1, 0.15) is 64.9 Å². The molecular formula is C37H39F3N8O3. The molecule has 14 heteroatoms. The van der Waals surface area contributed by atoms with Crippen LogP contribution in [0.5, 0.6) is 5.75 Å². The van der Waals surface area contributed by atoms with Crippen molar-refractivity contribution in [1.29, 1.82) is 0 Å². The fraction of sp³-hybridized carbons (Fsp3) is 0.459. The lowest BCUT2D eigenvalue weighted by atomic mass is 9.49. The minimum Gasteiger partial charge on any atom is -0.506 e. The molecule has 11 nitrogen and oxygen atoms in total. The van der Waals surface area contributed by atoms with Gasteiger partial charge in [0.15, 0.2) is 11.5 Å². The number of piperazine rings is 1. The Morgan fingerprint density at radius 3 is 2.24 bits per heavy atom. The number of amides is 2. The summed E-state index contributed by atoms with van der Waals surface area (Å²) < 4.78 is 43.2. The van der Waals surface area contributed by atoms with E-state index in [4.69, 9.17) is 0 Å². The van der Waals surface area contributed by atoms with Crippen molar-refractivity contribution < 1.29 is 27.9 Å². The van der Waals surface area contributed by atoms with Crippen molar-refractivity contribution in [3.05, 3.63) is 78.0 Å². The number of anilines is 1. The third kappa shape index (κ3) is 6.63. The number of aromatic hydroxyl groups is 1. The standard InChI is InChI=1S/C37H39F3N8O3/c1-45(22-36-15-23-8-24(16-36)10-25(9-23)17-36)35(51)32-2-3-33(44-43-32)46-4-6-47(7-5-46)34(50)26-11-29(37(38,39)40)14-30(12-26)48-21-28(19-42-48)27-13-31(49)20-41-18-27/h2-3,11-14,18-21,23-25,49H,4-10,15-17,22H2,1H3. The van der Waals surface area contributed by atoms with Gasteiger partial charge in [-0.15, -0.1) is 10.2 Å².